The Morgan fingerprint density at radius 1 is 1.36 bits per heavy atom. The van der Waals surface area contributed by atoms with Crippen LogP contribution in [0.1, 0.15) is 20.8 Å². The highest BCUT2D eigenvalue weighted by Crippen LogP contribution is 2.11. The highest BCUT2D eigenvalue weighted by molar-refractivity contribution is 7.86. The van der Waals surface area contributed by atoms with Gasteiger partial charge in [0.05, 0.1) is 24.9 Å². The average molecular weight is 224 g/mol. The van der Waals surface area contributed by atoms with E-state index in [2.05, 4.69) is 4.18 Å². The molecule has 0 unspecified atom stereocenters. The molecule has 6 heteroatoms. The van der Waals surface area contributed by atoms with Gasteiger partial charge in [0.1, 0.15) is 0 Å². The molecule has 0 aromatic heterocycles. The van der Waals surface area contributed by atoms with Gasteiger partial charge in [0.2, 0.25) is 0 Å². The first kappa shape index (κ1) is 13.4. The molecule has 0 aliphatic carbocycles. The average Bonchev–Trinajstić information content (AvgIpc) is 2.00. The Balaban J connectivity index is 4.25. The molecule has 0 spiro atoms. The molecule has 0 aliphatic heterocycles. The van der Waals surface area contributed by atoms with E-state index in [1.807, 2.05) is 0 Å². The molecule has 0 fully saturated rings. The summed E-state index contributed by atoms with van der Waals surface area (Å²) in [5.74, 6) is -1.05. The molecule has 0 amide bonds. The van der Waals surface area contributed by atoms with E-state index in [4.69, 9.17) is 4.74 Å². The van der Waals surface area contributed by atoms with Crippen LogP contribution in [0.2, 0.25) is 0 Å². The zero-order valence-electron chi connectivity index (χ0n) is 8.81. The summed E-state index contributed by atoms with van der Waals surface area (Å²) in [4.78, 5) is 11.2. The third kappa shape index (κ3) is 5.18. The molecule has 0 radical (unpaired) electrons. The van der Waals surface area contributed by atoms with Gasteiger partial charge >= 0.3 is 5.97 Å². The lowest BCUT2D eigenvalue weighted by Gasteiger charge is -2.17. The van der Waals surface area contributed by atoms with Crippen molar-refractivity contribution in [1.29, 1.82) is 0 Å². The van der Waals surface area contributed by atoms with Crippen molar-refractivity contribution >= 4 is 16.1 Å². The Morgan fingerprint density at radius 3 is 2.21 bits per heavy atom. The summed E-state index contributed by atoms with van der Waals surface area (Å²) in [7, 11) is -3.52. The molecule has 0 heterocycles. The molecule has 0 aromatic carbocycles. The van der Waals surface area contributed by atoms with Gasteiger partial charge in [0.25, 0.3) is 10.1 Å². The van der Waals surface area contributed by atoms with Crippen LogP contribution in [0.4, 0.5) is 0 Å². The number of carbonyl (C=O) groups is 1. The lowest BCUT2D eigenvalue weighted by atomic mass is 10.1. The maximum absolute atomic E-state index is 11.2. The Bertz CT molecular complexity index is 282. The second kappa shape index (κ2) is 5.31. The minimum absolute atomic E-state index is 0.273. The number of rotatable bonds is 5. The van der Waals surface area contributed by atoms with E-state index in [-0.39, 0.29) is 6.61 Å². The molecule has 0 aromatic rings. The van der Waals surface area contributed by atoms with E-state index >= 15 is 0 Å². The van der Waals surface area contributed by atoms with Crippen molar-refractivity contribution in [3.63, 3.8) is 0 Å². The second-order valence-corrected chi connectivity index (χ2v) is 4.65. The van der Waals surface area contributed by atoms with Crippen LogP contribution in [-0.4, -0.2) is 33.4 Å². The number of hydrogen-bond acceptors (Lipinski definition) is 5. The van der Waals surface area contributed by atoms with Crippen LogP contribution < -0.4 is 0 Å². The van der Waals surface area contributed by atoms with Crippen molar-refractivity contribution in [2.75, 3.05) is 12.9 Å². The number of hydrogen-bond donors (Lipinski definition) is 0. The van der Waals surface area contributed by atoms with E-state index in [0.717, 1.165) is 6.26 Å². The number of ether oxygens (including phenoxy) is 1. The van der Waals surface area contributed by atoms with Crippen LogP contribution in [-0.2, 0) is 23.8 Å². The highest BCUT2D eigenvalue weighted by Gasteiger charge is 2.24. The molecule has 2 atom stereocenters. The van der Waals surface area contributed by atoms with Crippen LogP contribution in [0.5, 0.6) is 0 Å². The minimum atomic E-state index is -3.52. The van der Waals surface area contributed by atoms with Crippen molar-refractivity contribution < 1.29 is 22.1 Å². The van der Waals surface area contributed by atoms with Crippen molar-refractivity contribution in [2.24, 2.45) is 5.92 Å². The van der Waals surface area contributed by atoms with Crippen molar-refractivity contribution in [1.82, 2.24) is 0 Å². The third-order valence-corrected chi connectivity index (χ3v) is 2.34. The number of carbonyl (C=O) groups excluding carboxylic acids is 1. The van der Waals surface area contributed by atoms with Crippen LogP contribution in [0.15, 0.2) is 0 Å². The molecule has 0 N–H and O–H groups in total. The van der Waals surface area contributed by atoms with E-state index < -0.39 is 28.1 Å². The first-order valence-corrected chi connectivity index (χ1v) is 6.14. The lowest BCUT2D eigenvalue weighted by Crippen LogP contribution is -2.29. The molecule has 0 aliphatic rings. The van der Waals surface area contributed by atoms with Crippen LogP contribution in [0.25, 0.3) is 0 Å². The van der Waals surface area contributed by atoms with Gasteiger partial charge < -0.3 is 4.74 Å². The van der Waals surface area contributed by atoms with Crippen molar-refractivity contribution in [3.05, 3.63) is 0 Å². The minimum Gasteiger partial charge on any atom is -0.466 e. The van der Waals surface area contributed by atoms with Gasteiger partial charge in [-0.1, -0.05) is 0 Å². The lowest BCUT2D eigenvalue weighted by molar-refractivity contribution is -0.150. The largest absolute Gasteiger partial charge is 0.466 e. The molecule has 0 saturated carbocycles. The maximum Gasteiger partial charge on any atom is 0.311 e. The fraction of sp³-hybridized carbons (Fsp3) is 0.875. The molecule has 14 heavy (non-hydrogen) atoms. The van der Waals surface area contributed by atoms with Crippen molar-refractivity contribution in [2.45, 2.75) is 26.9 Å². The summed E-state index contributed by atoms with van der Waals surface area (Å²) < 4.78 is 30.9. The molecular formula is C8H16O5S. The van der Waals surface area contributed by atoms with Crippen LogP contribution in [0.3, 0.4) is 0 Å². The highest BCUT2D eigenvalue weighted by atomic mass is 32.2. The Hall–Kier alpha value is -0.620. The quantitative estimate of drug-likeness (QED) is 0.504. The zero-order chi connectivity index (χ0) is 11.4. The molecule has 84 valence electrons. The molecule has 0 rings (SSSR count). The zero-order valence-corrected chi connectivity index (χ0v) is 9.63. The summed E-state index contributed by atoms with van der Waals surface area (Å²) >= 11 is 0. The van der Waals surface area contributed by atoms with Crippen LogP contribution >= 0.6 is 0 Å². The molecule has 0 bridgehead atoms. The monoisotopic (exact) mass is 224 g/mol. The second-order valence-electron chi connectivity index (χ2n) is 3.05. The van der Waals surface area contributed by atoms with Gasteiger partial charge in [-0.15, -0.1) is 0 Å². The first-order chi connectivity index (χ1) is 6.28. The molecule has 0 saturated heterocycles. The van der Waals surface area contributed by atoms with Crippen molar-refractivity contribution in [3.8, 4) is 0 Å². The molecular weight excluding hydrogens is 208 g/mol. The topological polar surface area (TPSA) is 69.7 Å². The summed E-state index contributed by atoms with van der Waals surface area (Å²) in [5, 5.41) is 0. The summed E-state index contributed by atoms with van der Waals surface area (Å²) in [6.45, 7) is 5.04. The fourth-order valence-corrected chi connectivity index (χ4v) is 1.54. The summed E-state index contributed by atoms with van der Waals surface area (Å²) in [5.41, 5.74) is 0. The van der Waals surface area contributed by atoms with E-state index in [9.17, 15) is 13.2 Å². The van der Waals surface area contributed by atoms with E-state index in [0.29, 0.717) is 0 Å². The van der Waals surface area contributed by atoms with Gasteiger partial charge in [-0.3, -0.25) is 8.98 Å². The van der Waals surface area contributed by atoms with Gasteiger partial charge in [-0.25, -0.2) is 0 Å². The Labute approximate surface area is 84.5 Å². The predicted octanol–water partition coefficient (Wildman–Crippen LogP) is 0.550. The SMILES string of the molecule is CCOC(=O)[C@H](C)[C@@H](C)OS(C)(=O)=O. The van der Waals surface area contributed by atoms with Gasteiger partial charge in [0.15, 0.2) is 0 Å². The van der Waals surface area contributed by atoms with E-state index in [1.165, 1.54) is 6.92 Å². The maximum atomic E-state index is 11.2. The first-order valence-electron chi connectivity index (χ1n) is 4.32. The Morgan fingerprint density at radius 2 is 1.86 bits per heavy atom. The van der Waals surface area contributed by atoms with Gasteiger partial charge in [0, 0.05) is 0 Å². The van der Waals surface area contributed by atoms with E-state index in [1.54, 1.807) is 13.8 Å². The summed E-state index contributed by atoms with van der Waals surface area (Å²) in [6.07, 6.45) is 0.241. The number of esters is 1. The Kier molecular flexibility index (Phi) is 5.07. The summed E-state index contributed by atoms with van der Waals surface area (Å²) in [6, 6.07) is 0. The smallest absolute Gasteiger partial charge is 0.311 e. The third-order valence-electron chi connectivity index (χ3n) is 1.69. The predicted molar refractivity (Wildman–Crippen MR) is 51.2 cm³/mol. The van der Waals surface area contributed by atoms with Gasteiger partial charge in [-0.05, 0) is 20.8 Å². The standard InChI is InChI=1S/C8H16O5S/c1-5-12-8(9)6(2)7(3)13-14(4,10)11/h6-7H,5H2,1-4H3/t6-,7-/m1/s1. The normalized spacial score (nSPS) is 16.0. The van der Waals surface area contributed by atoms with Gasteiger partial charge in [-0.2, -0.15) is 8.42 Å². The van der Waals surface area contributed by atoms with Crippen LogP contribution in [0, 0.1) is 5.92 Å². The fourth-order valence-electron chi connectivity index (χ4n) is 0.824. The molecule has 5 nitrogen and oxygen atoms in total.